The van der Waals surface area contributed by atoms with Crippen molar-refractivity contribution >= 4 is 17.2 Å². The normalized spacial score (nSPS) is 14.3. The smallest absolute Gasteiger partial charge is 0.220 e. The summed E-state index contributed by atoms with van der Waals surface area (Å²) < 4.78 is 0. The lowest BCUT2D eigenvalue weighted by Gasteiger charge is -2.20. The summed E-state index contributed by atoms with van der Waals surface area (Å²) in [5.41, 5.74) is -1.23. The second kappa shape index (κ2) is 6.74. The Morgan fingerprint density at radius 1 is 1.59 bits per heavy atom. The molecule has 3 N–H and O–H groups in total. The Morgan fingerprint density at radius 3 is 2.94 bits per heavy atom. The number of carbonyl (C=O) groups is 1. The third-order valence-corrected chi connectivity index (χ3v) is 3.35. The standard InChI is InChI=1S/C12H19NO3S/c1-12(16,9-14)8-13-11(15)6-2-4-10-5-3-7-17-10/h3,5,7,14,16H,2,4,6,8-9H2,1H3,(H,13,15). The van der Waals surface area contributed by atoms with Gasteiger partial charge in [0.1, 0.15) is 5.60 Å². The van der Waals surface area contributed by atoms with Crippen molar-refractivity contribution in [2.45, 2.75) is 31.8 Å². The predicted octanol–water partition coefficient (Wildman–Crippen LogP) is 0.930. The van der Waals surface area contributed by atoms with Gasteiger partial charge in [0.2, 0.25) is 5.91 Å². The maximum atomic E-state index is 11.4. The molecule has 0 bridgehead atoms. The van der Waals surface area contributed by atoms with E-state index < -0.39 is 5.60 Å². The second-order valence-electron chi connectivity index (χ2n) is 4.36. The molecule has 1 amide bonds. The summed E-state index contributed by atoms with van der Waals surface area (Å²) in [5, 5.41) is 22.9. The molecule has 5 heteroatoms. The molecule has 1 heterocycles. The minimum atomic E-state index is -1.23. The molecule has 96 valence electrons. The minimum absolute atomic E-state index is 0.0847. The molecule has 0 spiro atoms. The van der Waals surface area contributed by atoms with E-state index in [1.54, 1.807) is 11.3 Å². The van der Waals surface area contributed by atoms with Gasteiger partial charge in [-0.1, -0.05) is 6.07 Å². The number of aliphatic hydroxyl groups excluding tert-OH is 1. The number of amides is 1. The molecule has 0 fully saturated rings. The first kappa shape index (κ1) is 14.2. The predicted molar refractivity (Wildman–Crippen MR) is 68.0 cm³/mol. The van der Waals surface area contributed by atoms with Crippen molar-refractivity contribution in [3.63, 3.8) is 0 Å². The zero-order chi connectivity index (χ0) is 12.7. The summed E-state index contributed by atoms with van der Waals surface area (Å²) >= 11 is 1.69. The van der Waals surface area contributed by atoms with E-state index in [-0.39, 0.29) is 19.1 Å². The average Bonchev–Trinajstić information content (AvgIpc) is 2.80. The molecule has 1 unspecified atom stereocenters. The van der Waals surface area contributed by atoms with Gasteiger partial charge in [0.25, 0.3) is 0 Å². The lowest BCUT2D eigenvalue weighted by atomic mass is 10.1. The van der Waals surface area contributed by atoms with Crippen LogP contribution < -0.4 is 5.32 Å². The Hall–Kier alpha value is -0.910. The number of aryl methyl sites for hydroxylation is 1. The number of thiophene rings is 1. The van der Waals surface area contributed by atoms with E-state index in [0.717, 1.165) is 12.8 Å². The fourth-order valence-electron chi connectivity index (χ4n) is 1.31. The molecule has 0 aliphatic heterocycles. The van der Waals surface area contributed by atoms with Crippen LogP contribution in [0.1, 0.15) is 24.6 Å². The maximum Gasteiger partial charge on any atom is 0.220 e. The topological polar surface area (TPSA) is 69.6 Å². The van der Waals surface area contributed by atoms with Gasteiger partial charge < -0.3 is 15.5 Å². The van der Waals surface area contributed by atoms with Gasteiger partial charge >= 0.3 is 0 Å². The number of hydrogen-bond donors (Lipinski definition) is 3. The van der Waals surface area contributed by atoms with Crippen molar-refractivity contribution in [1.82, 2.24) is 5.32 Å². The Bertz CT molecular complexity index is 336. The fourth-order valence-corrected chi connectivity index (χ4v) is 2.06. The molecule has 1 rings (SSSR count). The molecule has 4 nitrogen and oxygen atoms in total. The largest absolute Gasteiger partial charge is 0.393 e. The monoisotopic (exact) mass is 257 g/mol. The van der Waals surface area contributed by atoms with Crippen molar-refractivity contribution in [3.05, 3.63) is 22.4 Å². The Balaban J connectivity index is 2.13. The lowest BCUT2D eigenvalue weighted by Crippen LogP contribution is -2.43. The van der Waals surface area contributed by atoms with Crippen LogP contribution >= 0.6 is 11.3 Å². The highest BCUT2D eigenvalue weighted by molar-refractivity contribution is 7.09. The van der Waals surface area contributed by atoms with Crippen LogP contribution in [0.5, 0.6) is 0 Å². The van der Waals surface area contributed by atoms with Crippen LogP contribution in [0.3, 0.4) is 0 Å². The molecule has 17 heavy (non-hydrogen) atoms. The number of aliphatic hydroxyl groups is 2. The number of nitrogens with one attached hydrogen (secondary N) is 1. The first-order valence-corrected chi connectivity index (χ1v) is 6.54. The van der Waals surface area contributed by atoms with Crippen molar-refractivity contribution in [2.75, 3.05) is 13.2 Å². The van der Waals surface area contributed by atoms with Crippen LogP contribution in [0.15, 0.2) is 17.5 Å². The summed E-state index contributed by atoms with van der Waals surface area (Å²) in [6.07, 6.45) is 2.15. The molecule has 1 atom stereocenters. The van der Waals surface area contributed by atoms with E-state index >= 15 is 0 Å². The molecule has 0 aliphatic carbocycles. The molecule has 1 aromatic heterocycles. The van der Waals surface area contributed by atoms with Crippen LogP contribution in [-0.4, -0.2) is 34.9 Å². The molecule has 1 aromatic rings. The Kier molecular flexibility index (Phi) is 5.61. The minimum Gasteiger partial charge on any atom is -0.393 e. The number of rotatable bonds is 7. The number of hydrogen-bond acceptors (Lipinski definition) is 4. The molecular formula is C12H19NO3S. The Morgan fingerprint density at radius 2 is 2.35 bits per heavy atom. The van der Waals surface area contributed by atoms with Crippen LogP contribution in [-0.2, 0) is 11.2 Å². The molecular weight excluding hydrogens is 238 g/mol. The first-order valence-electron chi connectivity index (χ1n) is 5.66. The van der Waals surface area contributed by atoms with E-state index in [9.17, 15) is 9.90 Å². The van der Waals surface area contributed by atoms with Gasteiger partial charge in [0, 0.05) is 17.8 Å². The van der Waals surface area contributed by atoms with Gasteiger partial charge in [0.15, 0.2) is 0 Å². The molecule has 0 aromatic carbocycles. The highest BCUT2D eigenvalue weighted by atomic mass is 32.1. The van der Waals surface area contributed by atoms with Crippen LogP contribution in [0, 0.1) is 0 Å². The van der Waals surface area contributed by atoms with Crippen molar-refractivity contribution in [2.24, 2.45) is 0 Å². The van der Waals surface area contributed by atoms with Crippen molar-refractivity contribution < 1.29 is 15.0 Å². The van der Waals surface area contributed by atoms with Crippen LogP contribution in [0.2, 0.25) is 0 Å². The summed E-state index contributed by atoms with van der Waals surface area (Å²) in [7, 11) is 0. The van der Waals surface area contributed by atoms with Crippen molar-refractivity contribution in [3.8, 4) is 0 Å². The van der Waals surface area contributed by atoms with E-state index in [1.807, 2.05) is 11.4 Å². The highest BCUT2D eigenvalue weighted by Crippen LogP contribution is 2.11. The summed E-state index contributed by atoms with van der Waals surface area (Å²) in [6, 6.07) is 4.05. The van der Waals surface area contributed by atoms with Crippen molar-refractivity contribution in [1.29, 1.82) is 0 Å². The quantitative estimate of drug-likeness (QED) is 0.680. The van der Waals surface area contributed by atoms with Gasteiger partial charge in [-0.25, -0.2) is 0 Å². The third kappa shape index (κ3) is 5.81. The van der Waals surface area contributed by atoms with Crippen LogP contribution in [0.25, 0.3) is 0 Å². The molecule has 0 saturated carbocycles. The molecule has 0 aliphatic rings. The Labute approximate surface area is 105 Å². The van der Waals surface area contributed by atoms with E-state index in [0.29, 0.717) is 6.42 Å². The average molecular weight is 257 g/mol. The summed E-state index contributed by atoms with van der Waals surface area (Å²) in [6.45, 7) is 1.21. The fraction of sp³-hybridized carbons (Fsp3) is 0.583. The van der Waals surface area contributed by atoms with Gasteiger partial charge in [-0.3, -0.25) is 4.79 Å². The molecule has 0 radical (unpaired) electrons. The van der Waals surface area contributed by atoms with Gasteiger partial charge in [-0.2, -0.15) is 0 Å². The zero-order valence-corrected chi connectivity index (χ0v) is 10.8. The van der Waals surface area contributed by atoms with Gasteiger partial charge in [-0.15, -0.1) is 11.3 Å². The number of carbonyl (C=O) groups excluding carboxylic acids is 1. The van der Waals surface area contributed by atoms with Gasteiger partial charge in [0.05, 0.1) is 6.61 Å². The van der Waals surface area contributed by atoms with E-state index in [2.05, 4.69) is 11.4 Å². The second-order valence-corrected chi connectivity index (χ2v) is 5.40. The maximum absolute atomic E-state index is 11.4. The summed E-state index contributed by atoms with van der Waals surface area (Å²) in [4.78, 5) is 12.7. The lowest BCUT2D eigenvalue weighted by molar-refractivity contribution is -0.122. The van der Waals surface area contributed by atoms with Crippen LogP contribution in [0.4, 0.5) is 0 Å². The summed E-state index contributed by atoms with van der Waals surface area (Å²) in [5.74, 6) is -0.0877. The van der Waals surface area contributed by atoms with E-state index in [1.165, 1.54) is 11.8 Å². The highest BCUT2D eigenvalue weighted by Gasteiger charge is 2.19. The SMILES string of the molecule is CC(O)(CO)CNC(=O)CCCc1cccs1. The first-order chi connectivity index (χ1) is 8.03. The van der Waals surface area contributed by atoms with E-state index in [4.69, 9.17) is 5.11 Å². The zero-order valence-electron chi connectivity index (χ0n) is 9.98. The van der Waals surface area contributed by atoms with Gasteiger partial charge in [-0.05, 0) is 31.2 Å². The molecule has 0 saturated heterocycles. The third-order valence-electron chi connectivity index (χ3n) is 2.41.